The van der Waals surface area contributed by atoms with E-state index >= 15 is 0 Å². The van der Waals surface area contributed by atoms with Crippen LogP contribution in [0, 0.1) is 17.8 Å². The highest BCUT2D eigenvalue weighted by atomic mass is 79.9. The Labute approximate surface area is 101 Å². The molecule has 0 aromatic carbocycles. The van der Waals surface area contributed by atoms with Gasteiger partial charge in [0, 0.05) is 24.3 Å². The normalized spacial score (nSPS) is 35.5. The first-order valence-electron chi connectivity index (χ1n) is 6.00. The van der Waals surface area contributed by atoms with Gasteiger partial charge in [0.2, 0.25) is 5.91 Å². The maximum Gasteiger partial charge on any atom is 0.226 e. The Hall–Kier alpha value is -0.0500. The number of halogens is 1. The van der Waals surface area contributed by atoms with Crippen molar-refractivity contribution in [1.29, 1.82) is 0 Å². The molecule has 0 heterocycles. The first-order chi connectivity index (χ1) is 7.11. The van der Waals surface area contributed by atoms with Crippen LogP contribution in [0.3, 0.4) is 0 Å². The highest BCUT2D eigenvalue weighted by Gasteiger charge is 2.55. The molecule has 0 radical (unpaired) electrons. The summed E-state index contributed by atoms with van der Waals surface area (Å²) in [6, 6.07) is 0. The van der Waals surface area contributed by atoms with Gasteiger partial charge in [0.25, 0.3) is 0 Å². The molecule has 2 aliphatic carbocycles. The largest absolute Gasteiger partial charge is 0.344 e. The van der Waals surface area contributed by atoms with E-state index in [1.54, 1.807) is 0 Å². The van der Waals surface area contributed by atoms with E-state index in [0.717, 1.165) is 18.4 Å². The van der Waals surface area contributed by atoms with Gasteiger partial charge in [-0.15, -0.1) is 0 Å². The second-order valence-corrected chi connectivity index (χ2v) is 6.70. The van der Waals surface area contributed by atoms with Crippen molar-refractivity contribution in [1.82, 2.24) is 4.90 Å². The number of fused-ring (bicyclic) bond motifs is 1. The topological polar surface area (TPSA) is 20.3 Å². The van der Waals surface area contributed by atoms with Crippen molar-refractivity contribution in [3.8, 4) is 0 Å². The highest BCUT2D eigenvalue weighted by Crippen LogP contribution is 2.55. The Bertz CT molecular complexity index is 242. The van der Waals surface area contributed by atoms with Gasteiger partial charge < -0.3 is 4.90 Å². The summed E-state index contributed by atoms with van der Waals surface area (Å²) in [5.41, 5.74) is 0. The fourth-order valence-electron chi connectivity index (χ4n) is 3.08. The van der Waals surface area contributed by atoms with Crippen molar-refractivity contribution in [3.63, 3.8) is 0 Å². The van der Waals surface area contributed by atoms with Crippen molar-refractivity contribution in [3.05, 3.63) is 0 Å². The minimum Gasteiger partial charge on any atom is -0.344 e. The van der Waals surface area contributed by atoms with Crippen LogP contribution in [0.2, 0.25) is 0 Å². The summed E-state index contributed by atoms with van der Waals surface area (Å²) in [6.45, 7) is 2.92. The molecule has 1 amide bonds. The molecule has 2 nitrogen and oxygen atoms in total. The minimum atomic E-state index is 0.378. The number of carbonyl (C=O) groups is 1. The SMILES string of the molecule is CC(Br)CN(C)C(=O)C1C2CCCCC21. The summed E-state index contributed by atoms with van der Waals surface area (Å²) >= 11 is 3.50. The van der Waals surface area contributed by atoms with E-state index in [1.165, 1.54) is 25.7 Å². The first-order valence-corrected chi connectivity index (χ1v) is 6.92. The summed E-state index contributed by atoms with van der Waals surface area (Å²) in [4.78, 5) is 14.4. The zero-order valence-corrected chi connectivity index (χ0v) is 11.2. The first kappa shape index (κ1) is 11.4. The lowest BCUT2D eigenvalue weighted by Gasteiger charge is -2.18. The number of carbonyl (C=O) groups excluding carboxylic acids is 1. The molecule has 2 saturated carbocycles. The highest BCUT2D eigenvalue weighted by molar-refractivity contribution is 9.09. The van der Waals surface area contributed by atoms with Crippen LogP contribution in [0.5, 0.6) is 0 Å². The molecule has 2 rings (SSSR count). The molecular weight excluding hydrogens is 254 g/mol. The minimum absolute atomic E-state index is 0.378. The van der Waals surface area contributed by atoms with Crippen LogP contribution in [0.25, 0.3) is 0 Å². The van der Waals surface area contributed by atoms with Crippen LogP contribution in [-0.2, 0) is 4.79 Å². The van der Waals surface area contributed by atoms with E-state index in [-0.39, 0.29) is 0 Å². The molecule has 0 bridgehead atoms. The fraction of sp³-hybridized carbons (Fsp3) is 0.917. The molecule has 0 N–H and O–H groups in total. The number of alkyl halides is 1. The number of hydrogen-bond acceptors (Lipinski definition) is 1. The van der Waals surface area contributed by atoms with Gasteiger partial charge in [0.05, 0.1) is 0 Å². The predicted molar refractivity (Wildman–Crippen MR) is 65.0 cm³/mol. The van der Waals surface area contributed by atoms with E-state index < -0.39 is 0 Å². The van der Waals surface area contributed by atoms with Crippen LogP contribution in [0.15, 0.2) is 0 Å². The quantitative estimate of drug-likeness (QED) is 0.724. The summed E-state index contributed by atoms with van der Waals surface area (Å²) in [5.74, 6) is 2.24. The van der Waals surface area contributed by atoms with Gasteiger partial charge in [-0.2, -0.15) is 0 Å². The summed E-state index contributed by atoms with van der Waals surface area (Å²) in [7, 11) is 1.93. The van der Waals surface area contributed by atoms with Crippen molar-refractivity contribution >= 4 is 21.8 Å². The van der Waals surface area contributed by atoms with Crippen molar-refractivity contribution < 1.29 is 4.79 Å². The molecule has 2 aliphatic rings. The van der Waals surface area contributed by atoms with E-state index in [1.807, 2.05) is 11.9 Å². The number of hydrogen-bond donors (Lipinski definition) is 0. The van der Waals surface area contributed by atoms with Crippen LogP contribution in [0.1, 0.15) is 32.6 Å². The Kier molecular flexibility index (Phi) is 3.39. The molecule has 86 valence electrons. The van der Waals surface area contributed by atoms with Crippen molar-refractivity contribution in [2.75, 3.05) is 13.6 Å². The third kappa shape index (κ3) is 2.38. The fourth-order valence-corrected chi connectivity index (χ4v) is 3.51. The molecule has 0 spiro atoms. The maximum absolute atomic E-state index is 12.1. The van der Waals surface area contributed by atoms with Gasteiger partial charge >= 0.3 is 0 Å². The van der Waals surface area contributed by atoms with E-state index in [4.69, 9.17) is 0 Å². The lowest BCUT2D eigenvalue weighted by atomic mass is 10.0. The average Bonchev–Trinajstić information content (AvgIpc) is 2.89. The molecule has 3 heteroatoms. The van der Waals surface area contributed by atoms with Gasteiger partial charge in [-0.05, 0) is 24.7 Å². The van der Waals surface area contributed by atoms with Crippen LogP contribution >= 0.6 is 15.9 Å². The van der Waals surface area contributed by atoms with E-state index in [0.29, 0.717) is 16.7 Å². The van der Waals surface area contributed by atoms with Crippen LogP contribution < -0.4 is 0 Å². The maximum atomic E-state index is 12.1. The van der Waals surface area contributed by atoms with E-state index in [9.17, 15) is 4.79 Å². The van der Waals surface area contributed by atoms with Crippen molar-refractivity contribution in [2.45, 2.75) is 37.4 Å². The molecule has 0 saturated heterocycles. The van der Waals surface area contributed by atoms with Gasteiger partial charge in [0.15, 0.2) is 0 Å². The van der Waals surface area contributed by atoms with Gasteiger partial charge in [-0.1, -0.05) is 35.7 Å². The molecule has 0 aromatic heterocycles. The molecule has 0 aromatic rings. The molecule has 3 unspecified atom stereocenters. The van der Waals surface area contributed by atoms with Gasteiger partial charge in [-0.3, -0.25) is 4.79 Å². The number of amides is 1. The zero-order chi connectivity index (χ0) is 11.0. The number of rotatable bonds is 3. The Morgan fingerprint density at radius 2 is 1.93 bits per heavy atom. The van der Waals surface area contributed by atoms with Gasteiger partial charge in [-0.25, -0.2) is 0 Å². The monoisotopic (exact) mass is 273 g/mol. The Morgan fingerprint density at radius 1 is 1.40 bits per heavy atom. The molecule has 2 fully saturated rings. The Morgan fingerprint density at radius 3 is 2.40 bits per heavy atom. The van der Waals surface area contributed by atoms with E-state index in [2.05, 4.69) is 22.9 Å². The lowest BCUT2D eigenvalue weighted by Crippen LogP contribution is -2.33. The smallest absolute Gasteiger partial charge is 0.226 e. The standard InChI is InChI=1S/C12H20BrNO/c1-8(13)7-14(2)12(15)11-9-5-3-4-6-10(9)11/h8-11H,3-7H2,1-2H3. The summed E-state index contributed by atoms with van der Waals surface area (Å²) in [5, 5.41) is 0. The molecule has 15 heavy (non-hydrogen) atoms. The summed E-state index contributed by atoms with van der Waals surface area (Å²) in [6.07, 6.45) is 5.25. The average molecular weight is 274 g/mol. The third-order valence-electron chi connectivity index (χ3n) is 3.84. The predicted octanol–water partition coefficient (Wildman–Crippen LogP) is 2.66. The van der Waals surface area contributed by atoms with Crippen molar-refractivity contribution in [2.24, 2.45) is 17.8 Å². The Balaban J connectivity index is 1.86. The molecule has 3 atom stereocenters. The van der Waals surface area contributed by atoms with Gasteiger partial charge in [0.1, 0.15) is 0 Å². The second kappa shape index (κ2) is 4.44. The van der Waals surface area contributed by atoms with Crippen LogP contribution in [0.4, 0.5) is 0 Å². The third-order valence-corrected chi connectivity index (χ3v) is 4.13. The van der Waals surface area contributed by atoms with Crippen LogP contribution in [-0.4, -0.2) is 29.2 Å². The molecule has 0 aliphatic heterocycles. The lowest BCUT2D eigenvalue weighted by molar-refractivity contribution is -0.131. The zero-order valence-electron chi connectivity index (χ0n) is 9.58. The molecular formula is C12H20BrNO. The second-order valence-electron chi connectivity index (χ2n) is 5.14. The number of nitrogens with zero attached hydrogens (tertiary/aromatic N) is 1. The summed E-state index contributed by atoms with van der Waals surface area (Å²) < 4.78 is 0.